The zero-order chi connectivity index (χ0) is 14.7. The van der Waals surface area contributed by atoms with Gasteiger partial charge in [-0.15, -0.1) is 0 Å². The molecule has 0 unspecified atom stereocenters. The maximum absolute atomic E-state index is 5.59. The van der Waals surface area contributed by atoms with Crippen molar-refractivity contribution in [3.8, 4) is 0 Å². The summed E-state index contributed by atoms with van der Waals surface area (Å²) in [5, 5.41) is 5.47. The fourth-order valence-corrected chi connectivity index (χ4v) is 2.73. The van der Waals surface area contributed by atoms with Crippen molar-refractivity contribution in [3.63, 3.8) is 0 Å². The molecule has 2 N–H and O–H groups in total. The molecule has 5 nitrogen and oxygen atoms in total. The van der Waals surface area contributed by atoms with E-state index in [0.29, 0.717) is 0 Å². The minimum atomic E-state index is 0.744. The zero-order valence-corrected chi connectivity index (χ0v) is 12.4. The first kappa shape index (κ1) is 13.8. The van der Waals surface area contributed by atoms with Crippen LogP contribution in [0.15, 0.2) is 36.8 Å². The molecule has 0 atom stereocenters. The van der Waals surface area contributed by atoms with Crippen LogP contribution in [0.3, 0.4) is 0 Å². The number of aromatic nitrogens is 4. The topological polar surface area (TPSA) is 61.7 Å². The Hall–Kier alpha value is -2.14. The molecule has 5 heteroatoms. The van der Waals surface area contributed by atoms with E-state index >= 15 is 0 Å². The Kier molecular flexibility index (Phi) is 4.01. The Labute approximate surface area is 124 Å². The first-order valence-corrected chi connectivity index (χ1v) is 7.39. The van der Waals surface area contributed by atoms with Crippen LogP contribution in [0.5, 0.6) is 0 Å². The van der Waals surface area contributed by atoms with Crippen LogP contribution in [0.4, 0.5) is 0 Å². The largest absolute Gasteiger partial charge is 0.340 e. The van der Waals surface area contributed by atoms with E-state index in [1.54, 1.807) is 6.33 Å². The van der Waals surface area contributed by atoms with Gasteiger partial charge in [-0.3, -0.25) is 4.68 Å². The molecule has 3 aromatic rings. The van der Waals surface area contributed by atoms with Crippen molar-refractivity contribution in [2.75, 3.05) is 6.54 Å². The van der Waals surface area contributed by atoms with Crippen molar-refractivity contribution >= 4 is 10.9 Å². The molecule has 2 aromatic heterocycles. The van der Waals surface area contributed by atoms with Crippen molar-refractivity contribution in [2.45, 2.75) is 25.8 Å². The summed E-state index contributed by atoms with van der Waals surface area (Å²) in [5.41, 5.74) is 8.24. The molecule has 0 amide bonds. The standard InChI is InChI=1S/C16H21N5/c1-20-16(18-12-19-20)11-21-10-13(6-4-5-9-17)14-7-2-3-8-15(14)21/h2-3,7-8,10,12H,4-6,9,11,17H2,1H3. The third-order valence-corrected chi connectivity index (χ3v) is 3.89. The van der Waals surface area contributed by atoms with Gasteiger partial charge in [0, 0.05) is 24.1 Å². The van der Waals surface area contributed by atoms with Crippen molar-refractivity contribution in [1.29, 1.82) is 0 Å². The second kappa shape index (κ2) is 6.10. The molecule has 21 heavy (non-hydrogen) atoms. The van der Waals surface area contributed by atoms with Gasteiger partial charge in [-0.05, 0) is 37.4 Å². The second-order valence-corrected chi connectivity index (χ2v) is 5.35. The third-order valence-electron chi connectivity index (χ3n) is 3.89. The SMILES string of the molecule is Cn1ncnc1Cn1cc(CCCCN)c2ccccc21. The van der Waals surface area contributed by atoms with Gasteiger partial charge in [0.15, 0.2) is 0 Å². The number of unbranched alkanes of at least 4 members (excludes halogenated alkanes) is 1. The van der Waals surface area contributed by atoms with E-state index in [1.807, 2.05) is 11.7 Å². The molecule has 0 fully saturated rings. The Morgan fingerprint density at radius 1 is 1.19 bits per heavy atom. The lowest BCUT2D eigenvalue weighted by atomic mass is 10.1. The van der Waals surface area contributed by atoms with Crippen molar-refractivity contribution in [3.05, 3.63) is 48.2 Å². The van der Waals surface area contributed by atoms with E-state index in [1.165, 1.54) is 16.5 Å². The van der Waals surface area contributed by atoms with Crippen molar-refractivity contribution < 1.29 is 0 Å². The minimum Gasteiger partial charge on any atom is -0.340 e. The van der Waals surface area contributed by atoms with Gasteiger partial charge in [0.05, 0.1) is 6.54 Å². The summed E-state index contributed by atoms with van der Waals surface area (Å²) < 4.78 is 4.08. The summed E-state index contributed by atoms with van der Waals surface area (Å²) in [5.74, 6) is 0.962. The van der Waals surface area contributed by atoms with Crippen molar-refractivity contribution in [1.82, 2.24) is 19.3 Å². The summed E-state index contributed by atoms with van der Waals surface area (Å²) in [6.45, 7) is 1.51. The number of fused-ring (bicyclic) bond motifs is 1. The summed E-state index contributed by atoms with van der Waals surface area (Å²) in [6, 6.07) is 8.54. The number of nitrogens with zero attached hydrogens (tertiary/aromatic N) is 4. The molecule has 0 aliphatic rings. The van der Waals surface area contributed by atoms with E-state index in [2.05, 4.69) is 45.1 Å². The quantitative estimate of drug-likeness (QED) is 0.705. The molecule has 110 valence electrons. The van der Waals surface area contributed by atoms with Crippen LogP contribution in [0, 0.1) is 0 Å². The Balaban J connectivity index is 1.93. The molecule has 0 spiro atoms. The average molecular weight is 283 g/mol. The lowest BCUT2D eigenvalue weighted by Gasteiger charge is -2.04. The maximum atomic E-state index is 5.59. The molecule has 0 aliphatic heterocycles. The van der Waals surface area contributed by atoms with Crippen LogP contribution < -0.4 is 5.73 Å². The van der Waals surface area contributed by atoms with Crippen LogP contribution in [-0.4, -0.2) is 25.9 Å². The number of nitrogens with two attached hydrogens (primary N) is 1. The fraction of sp³-hybridized carbons (Fsp3) is 0.375. The van der Waals surface area contributed by atoms with Gasteiger partial charge < -0.3 is 10.3 Å². The summed E-state index contributed by atoms with van der Waals surface area (Å²) in [7, 11) is 1.93. The van der Waals surface area contributed by atoms with E-state index < -0.39 is 0 Å². The smallest absolute Gasteiger partial charge is 0.146 e. The molecule has 0 saturated carbocycles. The van der Waals surface area contributed by atoms with Crippen LogP contribution in [-0.2, 0) is 20.0 Å². The minimum absolute atomic E-state index is 0.744. The summed E-state index contributed by atoms with van der Waals surface area (Å²) >= 11 is 0. The average Bonchev–Trinajstić information content (AvgIpc) is 3.05. The summed E-state index contributed by atoms with van der Waals surface area (Å²) in [4.78, 5) is 4.32. The van der Waals surface area contributed by atoms with Gasteiger partial charge >= 0.3 is 0 Å². The van der Waals surface area contributed by atoms with Gasteiger partial charge in [-0.1, -0.05) is 18.2 Å². The third kappa shape index (κ3) is 2.83. The van der Waals surface area contributed by atoms with Crippen LogP contribution in [0.1, 0.15) is 24.2 Å². The Bertz CT molecular complexity index is 725. The number of benzene rings is 1. The predicted molar refractivity (Wildman–Crippen MR) is 84.0 cm³/mol. The highest BCUT2D eigenvalue weighted by atomic mass is 15.3. The number of para-hydroxylation sites is 1. The van der Waals surface area contributed by atoms with E-state index in [4.69, 9.17) is 5.73 Å². The molecule has 0 aliphatic carbocycles. The molecule has 0 bridgehead atoms. The van der Waals surface area contributed by atoms with Gasteiger partial charge in [0.2, 0.25) is 0 Å². The fourth-order valence-electron chi connectivity index (χ4n) is 2.73. The van der Waals surface area contributed by atoms with E-state index in [9.17, 15) is 0 Å². The molecule has 0 saturated heterocycles. The van der Waals surface area contributed by atoms with E-state index in [-0.39, 0.29) is 0 Å². The molecular formula is C16H21N5. The maximum Gasteiger partial charge on any atom is 0.146 e. The lowest BCUT2D eigenvalue weighted by molar-refractivity contribution is 0.662. The Morgan fingerprint density at radius 2 is 2.05 bits per heavy atom. The monoisotopic (exact) mass is 283 g/mol. The second-order valence-electron chi connectivity index (χ2n) is 5.35. The summed E-state index contributed by atoms with van der Waals surface area (Å²) in [6.07, 6.45) is 7.12. The first-order chi connectivity index (χ1) is 10.3. The van der Waals surface area contributed by atoms with Crippen molar-refractivity contribution in [2.24, 2.45) is 12.8 Å². The highest BCUT2D eigenvalue weighted by Gasteiger charge is 2.10. The zero-order valence-electron chi connectivity index (χ0n) is 12.4. The predicted octanol–water partition coefficient (Wildman–Crippen LogP) is 2.10. The molecule has 2 heterocycles. The van der Waals surface area contributed by atoms with Crippen LogP contribution in [0.25, 0.3) is 10.9 Å². The number of rotatable bonds is 6. The highest BCUT2D eigenvalue weighted by Crippen LogP contribution is 2.23. The van der Waals surface area contributed by atoms with Crippen LogP contribution in [0.2, 0.25) is 0 Å². The normalized spacial score (nSPS) is 11.3. The molecular weight excluding hydrogens is 262 g/mol. The first-order valence-electron chi connectivity index (χ1n) is 7.39. The lowest BCUT2D eigenvalue weighted by Crippen LogP contribution is -2.05. The Morgan fingerprint density at radius 3 is 2.81 bits per heavy atom. The highest BCUT2D eigenvalue weighted by molar-refractivity contribution is 5.84. The van der Waals surface area contributed by atoms with Gasteiger partial charge in [-0.2, -0.15) is 5.10 Å². The number of aryl methyl sites for hydroxylation is 2. The molecule has 0 radical (unpaired) electrons. The molecule has 3 rings (SSSR count). The van der Waals surface area contributed by atoms with E-state index in [0.717, 1.165) is 38.2 Å². The van der Waals surface area contributed by atoms with Gasteiger partial charge in [-0.25, -0.2) is 4.98 Å². The number of hydrogen-bond donors (Lipinski definition) is 1. The van der Waals surface area contributed by atoms with Gasteiger partial charge in [0.25, 0.3) is 0 Å². The van der Waals surface area contributed by atoms with Crippen LogP contribution >= 0.6 is 0 Å². The van der Waals surface area contributed by atoms with Gasteiger partial charge in [0.1, 0.15) is 12.2 Å². The number of hydrogen-bond acceptors (Lipinski definition) is 3. The molecule has 1 aromatic carbocycles.